The SMILES string of the molecule is CCCCn1c(=O)n(CC(=O)N2CCCCC2)c(=O)c2c1nc(CO)n2CCC. The van der Waals surface area contributed by atoms with Crippen LogP contribution in [-0.4, -0.2) is 47.7 Å². The Morgan fingerprint density at radius 2 is 1.72 bits per heavy atom. The molecule has 9 nitrogen and oxygen atoms in total. The van der Waals surface area contributed by atoms with E-state index < -0.39 is 11.2 Å². The normalized spacial score (nSPS) is 14.7. The number of likely N-dealkylation sites (tertiary alicyclic amines) is 1. The molecule has 0 spiro atoms. The molecule has 1 fully saturated rings. The Morgan fingerprint density at radius 3 is 2.34 bits per heavy atom. The van der Waals surface area contributed by atoms with Crippen LogP contribution in [0.15, 0.2) is 9.59 Å². The first-order chi connectivity index (χ1) is 14.0. The number of aryl methyl sites for hydroxylation is 2. The molecule has 0 radical (unpaired) electrons. The molecule has 29 heavy (non-hydrogen) atoms. The Balaban J connectivity index is 2.15. The summed E-state index contributed by atoms with van der Waals surface area (Å²) in [5.74, 6) is 0.165. The maximum absolute atomic E-state index is 13.3. The zero-order chi connectivity index (χ0) is 21.0. The summed E-state index contributed by atoms with van der Waals surface area (Å²) in [6, 6.07) is 0. The van der Waals surface area contributed by atoms with Crippen LogP contribution in [0, 0.1) is 0 Å². The topological polar surface area (TPSA) is 102 Å². The van der Waals surface area contributed by atoms with Gasteiger partial charge < -0.3 is 14.6 Å². The van der Waals surface area contributed by atoms with Gasteiger partial charge in [0.05, 0.1) is 0 Å². The fourth-order valence-corrected chi connectivity index (χ4v) is 3.96. The Hall–Kier alpha value is -2.42. The summed E-state index contributed by atoms with van der Waals surface area (Å²) in [5, 5.41) is 9.72. The van der Waals surface area contributed by atoms with E-state index in [2.05, 4.69) is 4.98 Å². The van der Waals surface area contributed by atoms with E-state index in [1.165, 1.54) is 4.57 Å². The van der Waals surface area contributed by atoms with Crippen molar-refractivity contribution in [2.75, 3.05) is 13.1 Å². The third-order valence-electron chi connectivity index (χ3n) is 5.52. The van der Waals surface area contributed by atoms with Crippen molar-refractivity contribution >= 4 is 17.1 Å². The van der Waals surface area contributed by atoms with Crippen LogP contribution in [0.5, 0.6) is 0 Å². The molecule has 0 atom stereocenters. The molecule has 0 saturated carbocycles. The van der Waals surface area contributed by atoms with Crippen molar-refractivity contribution in [3.8, 4) is 0 Å². The first-order valence-electron chi connectivity index (χ1n) is 10.6. The molecule has 3 heterocycles. The standard InChI is InChI=1S/C20H31N5O4/c1-3-5-12-24-18-17(23(9-4-2)15(14-26)21-18)19(28)25(20(24)29)13-16(27)22-10-7-6-8-11-22/h26H,3-14H2,1-2H3. The lowest BCUT2D eigenvalue weighted by Crippen LogP contribution is -2.46. The molecule has 0 unspecified atom stereocenters. The third-order valence-corrected chi connectivity index (χ3v) is 5.52. The quantitative estimate of drug-likeness (QED) is 0.708. The van der Waals surface area contributed by atoms with Crippen LogP contribution in [0.3, 0.4) is 0 Å². The molecule has 1 aliphatic rings. The van der Waals surface area contributed by atoms with Crippen molar-refractivity contribution in [2.45, 2.75) is 78.6 Å². The third kappa shape index (κ3) is 4.14. The van der Waals surface area contributed by atoms with Gasteiger partial charge in [0.25, 0.3) is 5.56 Å². The van der Waals surface area contributed by atoms with Crippen molar-refractivity contribution in [3.63, 3.8) is 0 Å². The predicted octanol–water partition coefficient (Wildman–Crippen LogP) is 1.07. The Kier molecular flexibility index (Phi) is 6.89. The van der Waals surface area contributed by atoms with Crippen molar-refractivity contribution in [1.29, 1.82) is 0 Å². The van der Waals surface area contributed by atoms with Crippen molar-refractivity contribution in [2.24, 2.45) is 0 Å². The van der Waals surface area contributed by atoms with E-state index in [1.54, 1.807) is 9.47 Å². The molecule has 1 N–H and O–H groups in total. The summed E-state index contributed by atoms with van der Waals surface area (Å²) in [6.45, 7) is 5.68. The number of aliphatic hydroxyl groups is 1. The van der Waals surface area contributed by atoms with E-state index in [0.717, 1.165) is 43.1 Å². The summed E-state index contributed by atoms with van der Waals surface area (Å²) in [5.41, 5.74) is -0.429. The molecule has 0 bridgehead atoms. The van der Waals surface area contributed by atoms with Gasteiger partial charge in [-0.05, 0) is 32.1 Å². The van der Waals surface area contributed by atoms with Gasteiger partial charge in [-0.25, -0.2) is 14.3 Å². The Labute approximate surface area is 169 Å². The average Bonchev–Trinajstić information content (AvgIpc) is 3.10. The number of aliphatic hydroxyl groups excluding tert-OH is 1. The summed E-state index contributed by atoms with van der Waals surface area (Å²) in [7, 11) is 0. The lowest BCUT2D eigenvalue weighted by molar-refractivity contribution is -0.132. The summed E-state index contributed by atoms with van der Waals surface area (Å²) in [6.07, 6.45) is 5.37. The van der Waals surface area contributed by atoms with E-state index in [4.69, 9.17) is 0 Å². The van der Waals surface area contributed by atoms with Crippen molar-refractivity contribution in [3.05, 3.63) is 26.7 Å². The minimum atomic E-state index is -0.510. The highest BCUT2D eigenvalue weighted by Crippen LogP contribution is 2.14. The van der Waals surface area contributed by atoms with Crippen molar-refractivity contribution < 1.29 is 9.90 Å². The van der Waals surface area contributed by atoms with Crippen LogP contribution in [0.25, 0.3) is 11.2 Å². The highest BCUT2D eigenvalue weighted by molar-refractivity contribution is 5.77. The number of unbranched alkanes of at least 4 members (excludes halogenated alkanes) is 1. The van der Waals surface area contributed by atoms with Crippen LogP contribution >= 0.6 is 0 Å². The fraction of sp³-hybridized carbons (Fsp3) is 0.700. The van der Waals surface area contributed by atoms with Crippen LogP contribution in [0.4, 0.5) is 0 Å². The molecular weight excluding hydrogens is 374 g/mol. The lowest BCUT2D eigenvalue weighted by Gasteiger charge is -2.26. The van der Waals surface area contributed by atoms with E-state index in [9.17, 15) is 19.5 Å². The predicted molar refractivity (Wildman–Crippen MR) is 110 cm³/mol. The number of carbonyl (C=O) groups excluding carboxylic acids is 1. The molecule has 160 valence electrons. The maximum Gasteiger partial charge on any atom is 0.333 e. The van der Waals surface area contributed by atoms with Gasteiger partial charge >= 0.3 is 5.69 Å². The number of rotatable bonds is 8. The second kappa shape index (κ2) is 9.39. The molecule has 0 aromatic carbocycles. The van der Waals surface area contributed by atoms with E-state index >= 15 is 0 Å². The highest BCUT2D eigenvalue weighted by atomic mass is 16.3. The Bertz CT molecular complexity index is 981. The van der Waals surface area contributed by atoms with Crippen LogP contribution in [0.2, 0.25) is 0 Å². The monoisotopic (exact) mass is 405 g/mol. The van der Waals surface area contributed by atoms with Crippen LogP contribution in [-0.2, 0) is 31.0 Å². The lowest BCUT2D eigenvalue weighted by atomic mass is 10.1. The number of piperidine rings is 1. The zero-order valence-corrected chi connectivity index (χ0v) is 17.4. The highest BCUT2D eigenvalue weighted by Gasteiger charge is 2.24. The smallest absolute Gasteiger partial charge is 0.333 e. The number of amides is 1. The molecule has 9 heteroatoms. The van der Waals surface area contributed by atoms with Gasteiger partial charge in [0, 0.05) is 26.2 Å². The second-order valence-electron chi connectivity index (χ2n) is 7.63. The fourth-order valence-electron chi connectivity index (χ4n) is 3.96. The molecule has 1 saturated heterocycles. The van der Waals surface area contributed by atoms with E-state index in [-0.39, 0.29) is 24.6 Å². The minimum Gasteiger partial charge on any atom is -0.388 e. The van der Waals surface area contributed by atoms with Gasteiger partial charge in [-0.1, -0.05) is 20.3 Å². The first kappa shape index (κ1) is 21.3. The number of nitrogens with zero attached hydrogens (tertiary/aromatic N) is 5. The zero-order valence-electron chi connectivity index (χ0n) is 17.4. The van der Waals surface area contributed by atoms with Gasteiger partial charge in [-0.15, -0.1) is 0 Å². The van der Waals surface area contributed by atoms with Crippen LogP contribution < -0.4 is 11.2 Å². The number of aromatic nitrogens is 4. The molecule has 3 rings (SSSR count). The number of hydrogen-bond acceptors (Lipinski definition) is 5. The summed E-state index contributed by atoms with van der Waals surface area (Å²) in [4.78, 5) is 45.3. The summed E-state index contributed by atoms with van der Waals surface area (Å²) < 4.78 is 4.21. The number of carbonyl (C=O) groups is 1. The molecule has 1 amide bonds. The van der Waals surface area contributed by atoms with E-state index in [1.807, 2.05) is 13.8 Å². The van der Waals surface area contributed by atoms with Crippen LogP contribution in [0.1, 0.15) is 58.2 Å². The van der Waals surface area contributed by atoms with Gasteiger partial charge in [0.15, 0.2) is 11.2 Å². The largest absolute Gasteiger partial charge is 0.388 e. The van der Waals surface area contributed by atoms with Gasteiger partial charge in [0.1, 0.15) is 19.0 Å². The molecule has 0 aliphatic carbocycles. The first-order valence-corrected chi connectivity index (χ1v) is 10.6. The summed E-state index contributed by atoms with van der Waals surface area (Å²) >= 11 is 0. The average molecular weight is 405 g/mol. The molecular formula is C20H31N5O4. The second-order valence-corrected chi connectivity index (χ2v) is 7.63. The maximum atomic E-state index is 13.3. The number of fused-ring (bicyclic) bond motifs is 1. The minimum absolute atomic E-state index is 0.200. The number of imidazole rings is 1. The molecule has 1 aliphatic heterocycles. The Morgan fingerprint density at radius 1 is 1.00 bits per heavy atom. The van der Waals surface area contributed by atoms with Gasteiger partial charge in [0.2, 0.25) is 5.91 Å². The molecule has 2 aromatic heterocycles. The van der Waals surface area contributed by atoms with Crippen molar-refractivity contribution in [1.82, 2.24) is 23.6 Å². The van der Waals surface area contributed by atoms with Gasteiger partial charge in [-0.2, -0.15) is 0 Å². The number of hydrogen-bond donors (Lipinski definition) is 1. The van der Waals surface area contributed by atoms with Gasteiger partial charge in [-0.3, -0.25) is 14.2 Å². The molecule has 2 aromatic rings. The van der Waals surface area contributed by atoms with E-state index in [0.29, 0.717) is 37.7 Å².